The summed E-state index contributed by atoms with van der Waals surface area (Å²) in [5.41, 5.74) is 9.07. The van der Waals surface area contributed by atoms with Crippen molar-refractivity contribution in [3.05, 3.63) is 28.8 Å². The molecule has 0 saturated carbocycles. The fraction of sp³-hybridized carbons (Fsp3) is 0.455. The van der Waals surface area contributed by atoms with Crippen LogP contribution in [0.2, 0.25) is 0 Å². The maximum absolute atomic E-state index is 9.86. The van der Waals surface area contributed by atoms with Crippen molar-refractivity contribution in [3.8, 4) is 0 Å². The summed E-state index contributed by atoms with van der Waals surface area (Å²) in [5, 5.41) is 19.7. The molecule has 1 aromatic carbocycles. The second-order valence-electron chi connectivity index (χ2n) is 3.66. The molecule has 0 fully saturated rings. The summed E-state index contributed by atoms with van der Waals surface area (Å²) in [5.74, 6) is 0. The fourth-order valence-corrected chi connectivity index (χ4v) is 1.83. The molecule has 84 valence electrons. The first-order valence-corrected chi connectivity index (χ1v) is 5.88. The number of aliphatic hydroxyl groups is 2. The van der Waals surface area contributed by atoms with E-state index in [4.69, 9.17) is 5.73 Å². The van der Waals surface area contributed by atoms with E-state index in [9.17, 15) is 10.2 Å². The van der Waals surface area contributed by atoms with E-state index in [0.717, 1.165) is 16.7 Å². The monoisotopic (exact) mass is 273 g/mol. The van der Waals surface area contributed by atoms with Gasteiger partial charge in [-0.3, -0.25) is 0 Å². The van der Waals surface area contributed by atoms with Gasteiger partial charge in [0.2, 0.25) is 0 Å². The molecule has 0 heterocycles. The third-order valence-corrected chi connectivity index (χ3v) is 3.38. The number of rotatable bonds is 3. The smallest absolute Gasteiger partial charge is 0.106 e. The zero-order valence-electron chi connectivity index (χ0n) is 8.87. The fourth-order valence-electron chi connectivity index (χ4n) is 1.47. The number of aliphatic hydroxyl groups excluding tert-OH is 2. The molecule has 2 atom stereocenters. The van der Waals surface area contributed by atoms with Crippen LogP contribution in [0.3, 0.4) is 0 Å². The van der Waals surface area contributed by atoms with E-state index in [1.54, 1.807) is 12.1 Å². The van der Waals surface area contributed by atoms with Crippen molar-refractivity contribution in [3.63, 3.8) is 0 Å². The van der Waals surface area contributed by atoms with E-state index in [1.807, 2.05) is 13.8 Å². The van der Waals surface area contributed by atoms with Crippen molar-refractivity contribution < 1.29 is 10.2 Å². The van der Waals surface area contributed by atoms with E-state index in [1.165, 1.54) is 0 Å². The van der Waals surface area contributed by atoms with E-state index < -0.39 is 12.2 Å². The Balaban J connectivity index is 3.10. The lowest BCUT2D eigenvalue weighted by molar-refractivity contribution is 0.0338. The summed E-state index contributed by atoms with van der Waals surface area (Å²) >= 11 is 3.14. The molecule has 0 amide bonds. The topological polar surface area (TPSA) is 66.5 Å². The van der Waals surface area contributed by atoms with Crippen LogP contribution in [0.25, 0.3) is 0 Å². The van der Waals surface area contributed by atoms with Crippen LogP contribution in [-0.4, -0.2) is 21.6 Å². The summed E-state index contributed by atoms with van der Waals surface area (Å²) in [6.45, 7) is 3.80. The minimum atomic E-state index is -0.872. The van der Waals surface area contributed by atoms with Gasteiger partial charge in [0.1, 0.15) is 6.10 Å². The van der Waals surface area contributed by atoms with Gasteiger partial charge in [-0.2, -0.15) is 0 Å². The molecule has 3 nitrogen and oxygen atoms in total. The van der Waals surface area contributed by atoms with Gasteiger partial charge < -0.3 is 15.9 Å². The number of benzene rings is 1. The lowest BCUT2D eigenvalue weighted by atomic mass is 9.95. The Hall–Kier alpha value is -0.580. The molecule has 0 aliphatic rings. The first-order valence-electron chi connectivity index (χ1n) is 4.76. The summed E-state index contributed by atoms with van der Waals surface area (Å²) in [4.78, 5) is 0. The van der Waals surface area contributed by atoms with Gasteiger partial charge >= 0.3 is 0 Å². The van der Waals surface area contributed by atoms with Crippen LogP contribution in [0.1, 0.15) is 22.8 Å². The minimum Gasteiger partial charge on any atom is -0.399 e. The Morgan fingerprint density at radius 2 is 1.87 bits per heavy atom. The Kier molecular flexibility index (Phi) is 4.13. The molecule has 4 heteroatoms. The normalized spacial score (nSPS) is 15.0. The predicted octanol–water partition coefficient (Wildman–Crippen LogP) is 1.67. The van der Waals surface area contributed by atoms with Crippen LogP contribution in [0, 0.1) is 13.8 Å². The van der Waals surface area contributed by atoms with Crippen LogP contribution >= 0.6 is 15.9 Å². The van der Waals surface area contributed by atoms with Crippen molar-refractivity contribution in [2.75, 3.05) is 11.1 Å². The Labute approximate surface area is 98.1 Å². The van der Waals surface area contributed by atoms with Gasteiger partial charge in [-0.15, -0.1) is 0 Å². The van der Waals surface area contributed by atoms with Crippen LogP contribution in [0.5, 0.6) is 0 Å². The maximum atomic E-state index is 9.86. The summed E-state index contributed by atoms with van der Waals surface area (Å²) in [6, 6.07) is 3.51. The molecule has 0 spiro atoms. The third kappa shape index (κ3) is 2.51. The van der Waals surface area contributed by atoms with Crippen molar-refractivity contribution in [1.29, 1.82) is 0 Å². The summed E-state index contributed by atoms with van der Waals surface area (Å²) in [7, 11) is 0. The molecule has 0 aliphatic heterocycles. The molecule has 0 radical (unpaired) electrons. The van der Waals surface area contributed by atoms with Crippen molar-refractivity contribution in [1.82, 2.24) is 0 Å². The van der Waals surface area contributed by atoms with Gasteiger partial charge in [-0.05, 0) is 36.6 Å². The van der Waals surface area contributed by atoms with Gasteiger partial charge in [0, 0.05) is 11.0 Å². The number of nitrogens with two attached hydrogens (primary N) is 1. The highest BCUT2D eigenvalue weighted by atomic mass is 79.9. The maximum Gasteiger partial charge on any atom is 0.106 e. The SMILES string of the molecule is Cc1c(N)ccc(C(O)C(O)CBr)c1C. The zero-order valence-corrected chi connectivity index (χ0v) is 10.5. The lowest BCUT2D eigenvalue weighted by Crippen LogP contribution is -2.20. The second-order valence-corrected chi connectivity index (χ2v) is 4.31. The second kappa shape index (κ2) is 4.96. The van der Waals surface area contributed by atoms with E-state index >= 15 is 0 Å². The minimum absolute atomic E-state index is 0.344. The van der Waals surface area contributed by atoms with Gasteiger partial charge in [0.05, 0.1) is 6.10 Å². The molecule has 0 aromatic heterocycles. The largest absolute Gasteiger partial charge is 0.399 e. The summed E-state index contributed by atoms with van der Waals surface area (Å²) < 4.78 is 0. The molecule has 4 N–H and O–H groups in total. The first kappa shape index (κ1) is 12.5. The Morgan fingerprint density at radius 3 is 2.40 bits per heavy atom. The Bertz CT molecular complexity index is 355. The van der Waals surface area contributed by atoms with Gasteiger partial charge in [0.25, 0.3) is 0 Å². The molecule has 15 heavy (non-hydrogen) atoms. The van der Waals surface area contributed by atoms with E-state index in [-0.39, 0.29) is 0 Å². The molecule has 1 aromatic rings. The number of hydrogen-bond acceptors (Lipinski definition) is 3. The van der Waals surface area contributed by atoms with Crippen LogP contribution in [0.15, 0.2) is 12.1 Å². The average Bonchev–Trinajstić information content (AvgIpc) is 2.24. The average molecular weight is 274 g/mol. The molecule has 0 aliphatic carbocycles. The molecule has 2 unspecified atom stereocenters. The van der Waals surface area contributed by atoms with Gasteiger partial charge in [0.15, 0.2) is 0 Å². The molecular formula is C11H16BrNO2. The molecular weight excluding hydrogens is 258 g/mol. The van der Waals surface area contributed by atoms with Crippen molar-refractivity contribution in [2.45, 2.75) is 26.1 Å². The predicted molar refractivity (Wildman–Crippen MR) is 65.1 cm³/mol. The van der Waals surface area contributed by atoms with Crippen LogP contribution in [0.4, 0.5) is 5.69 Å². The van der Waals surface area contributed by atoms with Gasteiger partial charge in [-0.25, -0.2) is 0 Å². The van der Waals surface area contributed by atoms with E-state index in [2.05, 4.69) is 15.9 Å². The highest BCUT2D eigenvalue weighted by Gasteiger charge is 2.19. The lowest BCUT2D eigenvalue weighted by Gasteiger charge is -2.19. The standard InChI is InChI=1S/C11H16BrNO2/c1-6-7(2)9(13)4-3-8(6)11(15)10(14)5-12/h3-4,10-11,14-15H,5,13H2,1-2H3. The molecule has 0 bridgehead atoms. The highest BCUT2D eigenvalue weighted by Crippen LogP contribution is 2.26. The van der Waals surface area contributed by atoms with E-state index in [0.29, 0.717) is 11.0 Å². The number of anilines is 1. The quantitative estimate of drug-likeness (QED) is 0.580. The zero-order chi connectivity index (χ0) is 11.6. The highest BCUT2D eigenvalue weighted by molar-refractivity contribution is 9.09. The first-order chi connectivity index (χ1) is 6.99. The molecule has 1 rings (SSSR count). The number of nitrogen functional groups attached to an aromatic ring is 1. The van der Waals surface area contributed by atoms with Crippen LogP contribution < -0.4 is 5.73 Å². The van der Waals surface area contributed by atoms with Crippen molar-refractivity contribution in [2.24, 2.45) is 0 Å². The third-order valence-electron chi connectivity index (χ3n) is 2.71. The van der Waals surface area contributed by atoms with Crippen LogP contribution in [-0.2, 0) is 0 Å². The molecule has 0 saturated heterocycles. The number of hydrogen-bond donors (Lipinski definition) is 3. The Morgan fingerprint density at radius 1 is 1.27 bits per heavy atom. The summed E-state index contributed by atoms with van der Waals surface area (Å²) in [6.07, 6.45) is -1.67. The number of alkyl halides is 1. The number of halogens is 1. The van der Waals surface area contributed by atoms with Crippen molar-refractivity contribution >= 4 is 21.6 Å². The van der Waals surface area contributed by atoms with Gasteiger partial charge in [-0.1, -0.05) is 22.0 Å².